The van der Waals surface area contributed by atoms with Gasteiger partial charge in [-0.05, 0) is 0 Å². The van der Waals surface area contributed by atoms with Crippen molar-refractivity contribution >= 4 is 45.0 Å². The van der Waals surface area contributed by atoms with Crippen LogP contribution in [0.2, 0.25) is 0 Å². The van der Waals surface area contributed by atoms with Crippen molar-refractivity contribution in [3.63, 3.8) is 0 Å². The van der Waals surface area contributed by atoms with Gasteiger partial charge in [0.25, 0.3) is 0 Å². The van der Waals surface area contributed by atoms with Crippen LogP contribution in [0, 0.1) is 0 Å². The second-order valence-electron chi connectivity index (χ2n) is 5.27. The Kier molecular flexibility index (Phi) is 8.99. The van der Waals surface area contributed by atoms with Crippen LogP contribution in [0.1, 0.15) is 0 Å². The lowest BCUT2D eigenvalue weighted by molar-refractivity contribution is 0.0881. The van der Waals surface area contributed by atoms with Crippen LogP contribution in [0.15, 0.2) is 0 Å². The average Bonchev–Trinajstić information content (AvgIpc) is 3.16. The van der Waals surface area contributed by atoms with Gasteiger partial charge in [-0.1, -0.05) is 0 Å². The standard InChI is InChI=1S/C12H23BN4O6S2/c18-9(20-5-1-16-3-7-22-11(16)24)14-13-15-10(19)21-6-2-17-4-8-23-12(17)25/h11-13,24-25H,1-8H2,(H,14,18)(H,15,19). The van der Waals surface area contributed by atoms with Crippen molar-refractivity contribution < 1.29 is 28.5 Å². The maximum absolute atomic E-state index is 11.5. The quantitative estimate of drug-likeness (QED) is 0.301. The molecule has 0 aromatic carbocycles. The fraction of sp³-hybridized carbons (Fsp3) is 0.833. The molecule has 0 aromatic heterocycles. The molecule has 142 valence electrons. The van der Waals surface area contributed by atoms with Crippen molar-refractivity contribution in [1.29, 1.82) is 0 Å². The molecule has 2 atom stereocenters. The summed E-state index contributed by atoms with van der Waals surface area (Å²) >= 11 is 8.45. The van der Waals surface area contributed by atoms with Crippen molar-refractivity contribution in [2.24, 2.45) is 0 Å². The van der Waals surface area contributed by atoms with Crippen LogP contribution in [0.4, 0.5) is 9.59 Å². The Morgan fingerprint density at radius 2 is 1.40 bits per heavy atom. The largest absolute Gasteiger partial charge is 0.449 e. The number of rotatable bonds is 8. The Morgan fingerprint density at radius 1 is 0.960 bits per heavy atom. The van der Waals surface area contributed by atoms with E-state index in [1.165, 1.54) is 0 Å². The summed E-state index contributed by atoms with van der Waals surface area (Å²) < 4.78 is 20.5. The summed E-state index contributed by atoms with van der Waals surface area (Å²) in [6.07, 6.45) is -1.24. The molecule has 2 fully saturated rings. The van der Waals surface area contributed by atoms with Crippen LogP contribution in [-0.4, -0.2) is 93.3 Å². The molecular formula is C12H23BN4O6S2. The molecule has 2 unspecified atom stereocenters. The Hall–Kier alpha value is -0.855. The molecule has 2 saturated heterocycles. The van der Waals surface area contributed by atoms with Crippen molar-refractivity contribution in [3.8, 4) is 0 Å². The summed E-state index contributed by atoms with van der Waals surface area (Å²) in [4.78, 5) is 26.8. The molecule has 0 radical (unpaired) electrons. The van der Waals surface area contributed by atoms with Gasteiger partial charge in [0, 0.05) is 26.2 Å². The zero-order valence-electron chi connectivity index (χ0n) is 13.8. The van der Waals surface area contributed by atoms with E-state index in [0.29, 0.717) is 26.3 Å². The molecule has 0 bridgehead atoms. The Morgan fingerprint density at radius 3 is 1.76 bits per heavy atom. The van der Waals surface area contributed by atoms with Gasteiger partial charge in [-0.2, -0.15) is 0 Å². The van der Waals surface area contributed by atoms with Crippen LogP contribution >= 0.6 is 25.3 Å². The summed E-state index contributed by atoms with van der Waals surface area (Å²) in [5, 5.41) is 4.81. The van der Waals surface area contributed by atoms with Crippen LogP contribution in [0.3, 0.4) is 0 Å². The van der Waals surface area contributed by atoms with Gasteiger partial charge in [-0.15, -0.1) is 25.3 Å². The molecule has 0 aliphatic carbocycles. The Labute approximate surface area is 157 Å². The molecule has 13 heteroatoms. The van der Waals surface area contributed by atoms with Crippen LogP contribution < -0.4 is 10.5 Å². The van der Waals surface area contributed by atoms with Gasteiger partial charge in [-0.25, -0.2) is 9.59 Å². The van der Waals surface area contributed by atoms with E-state index in [1.807, 2.05) is 9.80 Å². The molecule has 0 spiro atoms. The van der Waals surface area contributed by atoms with E-state index < -0.39 is 12.2 Å². The van der Waals surface area contributed by atoms with E-state index >= 15 is 0 Å². The average molecular weight is 394 g/mol. The fourth-order valence-electron chi connectivity index (χ4n) is 2.23. The third kappa shape index (κ3) is 7.50. The summed E-state index contributed by atoms with van der Waals surface area (Å²) in [5.41, 5.74) is -0.513. The topological polar surface area (TPSA) is 102 Å². The number of nitrogens with zero attached hydrogens (tertiary/aromatic N) is 2. The predicted octanol–water partition coefficient (Wildman–Crippen LogP) is -1.20. The lowest BCUT2D eigenvalue weighted by Gasteiger charge is -2.18. The van der Waals surface area contributed by atoms with Crippen LogP contribution in [0.5, 0.6) is 0 Å². The van der Waals surface area contributed by atoms with Crippen molar-refractivity contribution in [1.82, 2.24) is 20.3 Å². The molecule has 2 aliphatic heterocycles. The highest BCUT2D eigenvalue weighted by Gasteiger charge is 2.22. The minimum absolute atomic E-state index is 0.0816. The number of ether oxygens (including phenoxy) is 4. The first-order chi connectivity index (χ1) is 12.1. The molecule has 25 heavy (non-hydrogen) atoms. The van der Waals surface area contributed by atoms with E-state index in [1.54, 1.807) is 0 Å². The van der Waals surface area contributed by atoms with Gasteiger partial charge in [-0.3, -0.25) is 9.80 Å². The van der Waals surface area contributed by atoms with Crippen LogP contribution in [-0.2, 0) is 18.9 Å². The molecule has 0 aromatic rings. The van der Waals surface area contributed by atoms with Gasteiger partial charge >= 0.3 is 19.7 Å². The molecule has 2 amide bonds. The predicted molar refractivity (Wildman–Crippen MR) is 96.7 cm³/mol. The number of nitrogens with one attached hydrogen (secondary N) is 2. The molecule has 0 saturated carbocycles. The first kappa shape index (κ1) is 20.5. The molecule has 2 rings (SSSR count). The zero-order chi connectivity index (χ0) is 18.1. The molecule has 2 heterocycles. The smallest absolute Gasteiger partial charge is 0.396 e. The monoisotopic (exact) mass is 394 g/mol. The molecule has 10 nitrogen and oxygen atoms in total. The van der Waals surface area contributed by atoms with E-state index in [-0.39, 0.29) is 31.9 Å². The minimum Gasteiger partial charge on any atom is -0.449 e. The zero-order valence-corrected chi connectivity index (χ0v) is 15.5. The van der Waals surface area contributed by atoms with E-state index in [2.05, 4.69) is 35.7 Å². The highest BCUT2D eigenvalue weighted by atomic mass is 32.1. The summed E-state index contributed by atoms with van der Waals surface area (Å²) in [6, 6.07) is 0. The maximum Gasteiger partial charge on any atom is 0.396 e. The number of carbonyl (C=O) groups is 2. The number of hydrogen-bond donors (Lipinski definition) is 4. The highest BCUT2D eigenvalue weighted by Crippen LogP contribution is 2.12. The van der Waals surface area contributed by atoms with Gasteiger partial charge in [0.15, 0.2) is 11.1 Å². The van der Waals surface area contributed by atoms with E-state index in [0.717, 1.165) is 13.1 Å². The van der Waals surface area contributed by atoms with E-state index in [4.69, 9.17) is 18.9 Å². The molecule has 2 aliphatic rings. The lowest BCUT2D eigenvalue weighted by Crippen LogP contribution is -2.42. The third-order valence-electron chi connectivity index (χ3n) is 3.60. The lowest BCUT2D eigenvalue weighted by atomic mass is 10.2. The van der Waals surface area contributed by atoms with Gasteiger partial charge < -0.3 is 29.4 Å². The summed E-state index contributed by atoms with van der Waals surface area (Å²) in [5.74, 6) is 0. The first-order valence-corrected chi connectivity index (χ1v) is 8.98. The number of amides is 2. The Balaban J connectivity index is 1.44. The van der Waals surface area contributed by atoms with Gasteiger partial charge in [0.1, 0.15) is 13.2 Å². The normalized spacial score (nSPS) is 24.1. The summed E-state index contributed by atoms with van der Waals surface area (Å²) in [7, 11) is -0.0816. The van der Waals surface area contributed by atoms with Crippen molar-refractivity contribution in [2.45, 2.75) is 11.1 Å². The Bertz CT molecular complexity index is 414. The number of hydrogen-bond acceptors (Lipinski definition) is 10. The van der Waals surface area contributed by atoms with Crippen molar-refractivity contribution in [3.05, 3.63) is 0 Å². The summed E-state index contributed by atoms with van der Waals surface area (Å²) in [6.45, 7) is 4.22. The first-order valence-electron chi connectivity index (χ1n) is 7.95. The second kappa shape index (κ2) is 11.0. The number of thiol groups is 2. The van der Waals surface area contributed by atoms with E-state index in [9.17, 15) is 9.59 Å². The third-order valence-corrected chi connectivity index (χ3v) is 4.56. The second-order valence-corrected chi connectivity index (χ2v) is 6.15. The maximum atomic E-state index is 11.5. The van der Waals surface area contributed by atoms with Gasteiger partial charge in [0.05, 0.1) is 13.2 Å². The molecular weight excluding hydrogens is 371 g/mol. The molecule has 2 N–H and O–H groups in total. The SMILES string of the molecule is O=C(NBNC(=O)OCCN1CCOC1S)OCCN1CCOC1S. The fourth-order valence-corrected chi connectivity index (χ4v) is 2.90. The number of carbonyl (C=O) groups excluding carboxylic acids is 2. The van der Waals surface area contributed by atoms with Crippen LogP contribution in [0.25, 0.3) is 0 Å². The minimum atomic E-state index is -0.622. The van der Waals surface area contributed by atoms with Crippen molar-refractivity contribution in [2.75, 3.05) is 52.6 Å². The highest BCUT2D eigenvalue weighted by molar-refractivity contribution is 7.80. The van der Waals surface area contributed by atoms with Gasteiger partial charge in [0.2, 0.25) is 0 Å².